The molecule has 7 heteroatoms. The van der Waals surface area contributed by atoms with Gasteiger partial charge in [-0.25, -0.2) is 0 Å². The Bertz CT molecular complexity index is 529. The van der Waals surface area contributed by atoms with Crippen molar-refractivity contribution in [2.75, 3.05) is 0 Å². The Morgan fingerprint density at radius 3 is 3.19 bits per heavy atom. The largest absolute Gasteiger partial charge is 0.360 e. The van der Waals surface area contributed by atoms with Crippen molar-refractivity contribution in [3.05, 3.63) is 30.0 Å². The summed E-state index contributed by atoms with van der Waals surface area (Å²) in [6.07, 6.45) is 3.30. The highest BCUT2D eigenvalue weighted by atomic mass is 32.1. The molecule has 0 bridgehead atoms. The minimum absolute atomic E-state index is 0.407. The number of H-pyrrole nitrogens is 1. The van der Waals surface area contributed by atoms with Crippen LogP contribution in [0.25, 0.3) is 21.4 Å². The fourth-order valence-corrected chi connectivity index (χ4v) is 1.98. The lowest BCUT2D eigenvalue weighted by Crippen LogP contribution is -1.64. The first-order valence-electron chi connectivity index (χ1n) is 4.46. The number of fused-ring (bicyclic) bond motifs is 2. The number of rotatable bonds is 0. The molecule has 0 aliphatic carbocycles. The minimum Gasteiger partial charge on any atom is -0.360 e. The fourth-order valence-electron chi connectivity index (χ4n) is 1.23. The van der Waals surface area contributed by atoms with Gasteiger partial charge < -0.3 is 14.0 Å². The molecular weight excluding hydrogens is 228 g/mol. The molecule has 0 saturated carbocycles. The molecule has 0 aromatic carbocycles. The van der Waals surface area contributed by atoms with Gasteiger partial charge >= 0.3 is 0 Å². The van der Waals surface area contributed by atoms with Gasteiger partial charge in [0.15, 0.2) is 6.26 Å². The smallest absolute Gasteiger partial charge is 0.265 e. The first-order valence-corrected chi connectivity index (χ1v) is 5.34. The molecule has 0 aliphatic rings. The third kappa shape index (κ3) is 1.57. The molecule has 0 aliphatic heterocycles. The Labute approximate surface area is 92.8 Å². The van der Waals surface area contributed by atoms with E-state index in [1.54, 1.807) is 11.3 Å². The van der Waals surface area contributed by atoms with Crippen LogP contribution in [-0.4, -0.2) is 20.5 Å². The summed E-state index contributed by atoms with van der Waals surface area (Å²) in [5.74, 6) is 0. The highest BCUT2D eigenvalue weighted by Crippen LogP contribution is 2.17. The topological polar surface area (TPSA) is 80.7 Å². The molecule has 1 N–H and O–H groups in total. The zero-order chi connectivity index (χ0) is 10.8. The van der Waals surface area contributed by atoms with Crippen LogP contribution in [0.4, 0.5) is 0 Å². The predicted octanol–water partition coefficient (Wildman–Crippen LogP) is 2.44. The molecule has 0 radical (unpaired) electrons. The van der Waals surface area contributed by atoms with E-state index in [1.807, 2.05) is 6.20 Å². The van der Waals surface area contributed by atoms with Crippen molar-refractivity contribution in [1.29, 1.82) is 0 Å². The molecule has 0 fully saturated rings. The van der Waals surface area contributed by atoms with Crippen LogP contribution in [0.15, 0.2) is 39.0 Å². The Morgan fingerprint density at radius 1 is 1.31 bits per heavy atom. The number of nitrogens with zero attached hydrogens (tertiary/aromatic N) is 3. The molecule has 4 heterocycles. The van der Waals surface area contributed by atoms with Crippen molar-refractivity contribution in [1.82, 2.24) is 20.5 Å². The summed E-state index contributed by atoms with van der Waals surface area (Å²) in [5.41, 5.74) is 2.13. The molecule has 80 valence electrons. The summed E-state index contributed by atoms with van der Waals surface area (Å²) in [6, 6.07) is 4.17. The van der Waals surface area contributed by atoms with Crippen molar-refractivity contribution in [3.8, 4) is 0 Å². The summed E-state index contributed by atoms with van der Waals surface area (Å²) in [4.78, 5) is 3.11. The number of thiophene rings is 1. The predicted molar refractivity (Wildman–Crippen MR) is 58.0 cm³/mol. The van der Waals surface area contributed by atoms with Gasteiger partial charge in [-0.3, -0.25) is 0 Å². The summed E-state index contributed by atoms with van der Waals surface area (Å²) in [6.45, 7) is 0. The number of hydrogen-bond acceptors (Lipinski definition) is 6. The number of nitrogens with one attached hydrogen (secondary N) is 1. The van der Waals surface area contributed by atoms with Crippen LogP contribution in [0.2, 0.25) is 0 Å². The SMILES string of the molecule is c1cc2sccc2[nH]1.c1onc2nnoc12. The van der Waals surface area contributed by atoms with Crippen LogP contribution in [0.1, 0.15) is 0 Å². The maximum absolute atomic E-state index is 4.54. The van der Waals surface area contributed by atoms with Gasteiger partial charge in [-0.1, -0.05) is 10.3 Å². The first-order chi connectivity index (χ1) is 7.93. The first kappa shape index (κ1) is 9.10. The molecule has 4 rings (SSSR count). The third-order valence-corrected chi connectivity index (χ3v) is 2.84. The summed E-state index contributed by atoms with van der Waals surface area (Å²) >= 11 is 1.76. The van der Waals surface area contributed by atoms with Crippen LogP contribution in [-0.2, 0) is 0 Å². The molecule has 0 amide bonds. The van der Waals surface area contributed by atoms with E-state index in [-0.39, 0.29) is 0 Å². The fraction of sp³-hybridized carbons (Fsp3) is 0. The van der Waals surface area contributed by atoms with E-state index in [9.17, 15) is 0 Å². The normalized spacial score (nSPS) is 10.5. The van der Waals surface area contributed by atoms with Crippen LogP contribution in [0.5, 0.6) is 0 Å². The monoisotopic (exact) mass is 234 g/mol. The Hall–Kier alpha value is -2.15. The maximum Gasteiger partial charge on any atom is 0.265 e. The average molecular weight is 234 g/mol. The van der Waals surface area contributed by atoms with Crippen molar-refractivity contribution < 1.29 is 9.05 Å². The molecule has 4 aromatic rings. The second-order valence-corrected chi connectivity index (χ2v) is 3.90. The number of hydrogen-bond donors (Lipinski definition) is 1. The van der Waals surface area contributed by atoms with Gasteiger partial charge in [0.2, 0.25) is 5.58 Å². The highest BCUT2D eigenvalue weighted by molar-refractivity contribution is 7.17. The van der Waals surface area contributed by atoms with Gasteiger partial charge in [0.05, 0.1) is 10.2 Å². The molecule has 0 spiro atoms. The van der Waals surface area contributed by atoms with Crippen LogP contribution in [0.3, 0.4) is 0 Å². The van der Waals surface area contributed by atoms with E-state index < -0.39 is 0 Å². The summed E-state index contributed by atoms with van der Waals surface area (Å²) < 4.78 is 10.3. The maximum atomic E-state index is 4.54. The van der Waals surface area contributed by atoms with Crippen molar-refractivity contribution in [3.63, 3.8) is 0 Å². The van der Waals surface area contributed by atoms with Crippen LogP contribution in [0, 0.1) is 0 Å². The van der Waals surface area contributed by atoms with Crippen LogP contribution < -0.4 is 0 Å². The lowest BCUT2D eigenvalue weighted by molar-refractivity contribution is 0.388. The molecule has 4 aromatic heterocycles. The molecule has 0 saturated heterocycles. The van der Waals surface area contributed by atoms with E-state index in [4.69, 9.17) is 0 Å². The van der Waals surface area contributed by atoms with Gasteiger partial charge in [0.25, 0.3) is 5.65 Å². The molecular formula is C9H6N4O2S. The number of aromatic nitrogens is 4. The Morgan fingerprint density at radius 2 is 2.31 bits per heavy atom. The van der Waals surface area contributed by atoms with E-state index in [0.29, 0.717) is 11.2 Å². The van der Waals surface area contributed by atoms with E-state index in [1.165, 1.54) is 16.5 Å². The summed E-state index contributed by atoms with van der Waals surface area (Å²) in [5, 5.41) is 12.2. The zero-order valence-corrected chi connectivity index (χ0v) is 8.77. The Kier molecular flexibility index (Phi) is 2.15. The lowest BCUT2D eigenvalue weighted by atomic mass is 10.5. The van der Waals surface area contributed by atoms with Gasteiger partial charge in [-0.15, -0.1) is 11.3 Å². The molecule has 0 atom stereocenters. The van der Waals surface area contributed by atoms with E-state index >= 15 is 0 Å². The minimum atomic E-state index is 0.407. The zero-order valence-electron chi connectivity index (χ0n) is 7.95. The summed E-state index contributed by atoms with van der Waals surface area (Å²) in [7, 11) is 0. The van der Waals surface area contributed by atoms with Crippen molar-refractivity contribution in [2.24, 2.45) is 0 Å². The van der Waals surface area contributed by atoms with Gasteiger partial charge in [-0.2, -0.15) is 0 Å². The highest BCUT2D eigenvalue weighted by Gasteiger charge is 2.00. The number of aromatic amines is 1. The molecule has 16 heavy (non-hydrogen) atoms. The quantitative estimate of drug-likeness (QED) is 0.505. The third-order valence-electron chi connectivity index (χ3n) is 1.96. The van der Waals surface area contributed by atoms with Gasteiger partial charge in [0, 0.05) is 11.5 Å². The molecule has 6 nitrogen and oxygen atoms in total. The second kappa shape index (κ2) is 3.78. The molecule has 0 unspecified atom stereocenters. The van der Waals surface area contributed by atoms with E-state index in [0.717, 1.165) is 0 Å². The average Bonchev–Trinajstić information content (AvgIpc) is 2.99. The van der Waals surface area contributed by atoms with Gasteiger partial charge in [0.1, 0.15) is 0 Å². The van der Waals surface area contributed by atoms with Crippen molar-refractivity contribution >= 4 is 32.8 Å². The van der Waals surface area contributed by atoms with E-state index in [2.05, 4.69) is 47.1 Å². The Balaban J connectivity index is 0.000000101. The standard InChI is InChI=1S/C6H5NS.C3HN3O2/c1-3-7-5-2-4-8-6(1)5;1-2-3(5-7-1)4-6-8-2/h1-4,7H;1H. The second-order valence-electron chi connectivity index (χ2n) is 2.95. The van der Waals surface area contributed by atoms with Crippen molar-refractivity contribution in [2.45, 2.75) is 0 Å². The van der Waals surface area contributed by atoms with Gasteiger partial charge in [-0.05, 0) is 17.5 Å². The lowest BCUT2D eigenvalue weighted by Gasteiger charge is -1.66. The van der Waals surface area contributed by atoms with Crippen LogP contribution >= 0.6 is 11.3 Å².